The number of aromatic nitrogens is 2. The van der Waals surface area contributed by atoms with E-state index in [1.54, 1.807) is 0 Å². The van der Waals surface area contributed by atoms with Crippen molar-refractivity contribution in [2.75, 3.05) is 5.32 Å². The van der Waals surface area contributed by atoms with Gasteiger partial charge in [-0.25, -0.2) is 0 Å². The predicted molar refractivity (Wildman–Crippen MR) is 61.7 cm³/mol. The Morgan fingerprint density at radius 2 is 2.06 bits per heavy atom. The number of nitrogens with zero attached hydrogens (tertiary/aromatic N) is 2. The highest BCUT2D eigenvalue weighted by molar-refractivity contribution is 6.29. The van der Waals surface area contributed by atoms with Gasteiger partial charge in [-0.1, -0.05) is 11.6 Å². The van der Waals surface area contributed by atoms with Crippen LogP contribution in [-0.4, -0.2) is 27.2 Å². The van der Waals surface area contributed by atoms with Crippen molar-refractivity contribution in [1.82, 2.24) is 10.2 Å². The van der Waals surface area contributed by atoms with Gasteiger partial charge >= 0.3 is 5.97 Å². The highest BCUT2D eigenvalue weighted by Gasteiger charge is 2.30. The molecule has 92 valence electrons. The van der Waals surface area contributed by atoms with Crippen LogP contribution in [0.1, 0.15) is 20.3 Å². The molecule has 0 fully saturated rings. The Hall–Kier alpha value is -1.69. The Bertz CT molecular complexity index is 431. The summed E-state index contributed by atoms with van der Waals surface area (Å²) in [6.45, 7) is 2.95. The van der Waals surface area contributed by atoms with Gasteiger partial charge in [0, 0.05) is 6.42 Å². The summed E-state index contributed by atoms with van der Waals surface area (Å²) in [5, 5.41) is 18.7. The maximum Gasteiger partial charge on any atom is 0.309 e. The highest BCUT2D eigenvalue weighted by Crippen LogP contribution is 2.21. The topological polar surface area (TPSA) is 92.2 Å². The lowest BCUT2D eigenvalue weighted by molar-refractivity contribution is -0.148. The number of rotatable bonds is 4. The van der Waals surface area contributed by atoms with Crippen LogP contribution in [0.5, 0.6) is 0 Å². The fourth-order valence-corrected chi connectivity index (χ4v) is 1.15. The number of halogens is 1. The minimum atomic E-state index is -1.12. The van der Waals surface area contributed by atoms with Crippen LogP contribution in [0.4, 0.5) is 5.82 Å². The van der Waals surface area contributed by atoms with E-state index in [0.29, 0.717) is 0 Å². The molecule has 0 aliphatic heterocycles. The van der Waals surface area contributed by atoms with E-state index in [1.807, 2.05) is 0 Å². The number of carboxylic acids is 1. The Morgan fingerprint density at radius 1 is 1.41 bits per heavy atom. The average molecular weight is 258 g/mol. The van der Waals surface area contributed by atoms with Crippen molar-refractivity contribution in [3.05, 3.63) is 17.3 Å². The molecule has 0 aromatic carbocycles. The average Bonchev–Trinajstić information content (AvgIpc) is 2.20. The number of nitrogens with one attached hydrogen (secondary N) is 1. The molecule has 1 aromatic heterocycles. The summed E-state index contributed by atoms with van der Waals surface area (Å²) >= 11 is 5.53. The zero-order chi connectivity index (χ0) is 13.1. The molecule has 1 amide bonds. The Labute approximate surface area is 103 Å². The van der Waals surface area contributed by atoms with E-state index in [4.69, 9.17) is 16.7 Å². The van der Waals surface area contributed by atoms with E-state index in [1.165, 1.54) is 26.0 Å². The van der Waals surface area contributed by atoms with Crippen molar-refractivity contribution in [1.29, 1.82) is 0 Å². The lowest BCUT2D eigenvalue weighted by atomic mass is 9.89. The molecule has 0 spiro atoms. The molecular formula is C10H12ClN3O3. The molecule has 6 nitrogen and oxygen atoms in total. The molecule has 0 unspecified atom stereocenters. The number of hydrogen-bond donors (Lipinski definition) is 2. The minimum absolute atomic E-state index is 0.146. The number of carbonyl (C=O) groups is 2. The second-order valence-corrected chi connectivity index (χ2v) is 4.54. The van der Waals surface area contributed by atoms with Gasteiger partial charge in [0.2, 0.25) is 5.91 Å². The van der Waals surface area contributed by atoms with Crippen LogP contribution in [-0.2, 0) is 9.59 Å². The van der Waals surface area contributed by atoms with Crippen molar-refractivity contribution in [2.45, 2.75) is 20.3 Å². The van der Waals surface area contributed by atoms with Crippen LogP contribution in [0.15, 0.2) is 12.1 Å². The smallest absolute Gasteiger partial charge is 0.309 e. The quantitative estimate of drug-likeness (QED) is 0.854. The molecule has 1 heterocycles. The Morgan fingerprint density at radius 3 is 2.53 bits per heavy atom. The number of amides is 1. The predicted octanol–water partition coefficient (Wildman–Crippen LogP) is 1.57. The molecule has 1 aromatic rings. The van der Waals surface area contributed by atoms with Crippen LogP contribution < -0.4 is 5.32 Å². The molecule has 0 saturated carbocycles. The summed E-state index contributed by atoms with van der Waals surface area (Å²) in [5.41, 5.74) is -1.12. The fourth-order valence-electron chi connectivity index (χ4n) is 1.05. The van der Waals surface area contributed by atoms with Crippen LogP contribution >= 0.6 is 11.6 Å². The van der Waals surface area contributed by atoms with Crippen molar-refractivity contribution in [2.24, 2.45) is 5.41 Å². The fraction of sp³-hybridized carbons (Fsp3) is 0.400. The normalized spacial score (nSPS) is 11.0. The molecule has 0 atom stereocenters. The first-order valence-corrected chi connectivity index (χ1v) is 5.21. The van der Waals surface area contributed by atoms with Crippen LogP contribution in [0, 0.1) is 5.41 Å². The summed E-state index contributed by atoms with van der Waals surface area (Å²) in [6, 6.07) is 2.97. The van der Waals surface area contributed by atoms with E-state index in [0.717, 1.165) is 0 Å². The standard InChI is InChI=1S/C10H12ClN3O3/c1-10(2,9(16)17)5-8(15)12-7-4-3-6(11)13-14-7/h3-4H,5H2,1-2H3,(H,16,17)(H,12,14,15). The lowest BCUT2D eigenvalue weighted by Gasteiger charge is -2.17. The first-order chi connectivity index (χ1) is 7.81. The van der Waals surface area contributed by atoms with Crippen molar-refractivity contribution in [3.8, 4) is 0 Å². The van der Waals surface area contributed by atoms with Gasteiger partial charge in [-0.3, -0.25) is 9.59 Å². The maximum atomic E-state index is 11.5. The first-order valence-electron chi connectivity index (χ1n) is 4.84. The number of aliphatic carboxylic acids is 1. The maximum absolute atomic E-state index is 11.5. The third-order valence-electron chi connectivity index (χ3n) is 2.08. The van der Waals surface area contributed by atoms with E-state index in [-0.39, 0.29) is 17.4 Å². The van der Waals surface area contributed by atoms with Gasteiger partial charge in [-0.05, 0) is 26.0 Å². The van der Waals surface area contributed by atoms with Gasteiger partial charge < -0.3 is 10.4 Å². The summed E-state index contributed by atoms with van der Waals surface area (Å²) < 4.78 is 0. The Balaban J connectivity index is 2.62. The summed E-state index contributed by atoms with van der Waals surface area (Å²) in [7, 11) is 0. The molecule has 1 rings (SSSR count). The van der Waals surface area contributed by atoms with Gasteiger partial charge in [0.1, 0.15) is 0 Å². The molecule has 0 radical (unpaired) electrons. The monoisotopic (exact) mass is 257 g/mol. The highest BCUT2D eigenvalue weighted by atomic mass is 35.5. The molecule has 2 N–H and O–H groups in total. The zero-order valence-corrected chi connectivity index (χ0v) is 10.2. The number of anilines is 1. The van der Waals surface area contributed by atoms with Crippen LogP contribution in [0.25, 0.3) is 0 Å². The summed E-state index contributed by atoms with van der Waals surface area (Å²) in [6.07, 6.45) is -0.146. The molecule has 0 aliphatic carbocycles. The minimum Gasteiger partial charge on any atom is -0.481 e. The second-order valence-electron chi connectivity index (χ2n) is 4.16. The zero-order valence-electron chi connectivity index (χ0n) is 9.40. The van der Waals surface area contributed by atoms with Crippen molar-refractivity contribution in [3.63, 3.8) is 0 Å². The van der Waals surface area contributed by atoms with E-state index < -0.39 is 17.3 Å². The van der Waals surface area contributed by atoms with Gasteiger partial charge in [0.15, 0.2) is 11.0 Å². The Kier molecular flexibility index (Phi) is 4.01. The molecular weight excluding hydrogens is 246 g/mol. The van der Waals surface area contributed by atoms with Crippen molar-refractivity contribution < 1.29 is 14.7 Å². The van der Waals surface area contributed by atoms with E-state index in [9.17, 15) is 9.59 Å². The number of carboxylic acid groups (broad SMARTS) is 1. The molecule has 7 heteroatoms. The number of carbonyl (C=O) groups excluding carboxylic acids is 1. The summed E-state index contributed by atoms with van der Waals surface area (Å²) in [5.74, 6) is -1.23. The first kappa shape index (κ1) is 13.4. The van der Waals surface area contributed by atoms with Gasteiger partial charge in [0.25, 0.3) is 0 Å². The van der Waals surface area contributed by atoms with Crippen LogP contribution in [0.3, 0.4) is 0 Å². The second kappa shape index (κ2) is 5.09. The molecule has 0 saturated heterocycles. The third-order valence-corrected chi connectivity index (χ3v) is 2.28. The van der Waals surface area contributed by atoms with Crippen LogP contribution in [0.2, 0.25) is 5.15 Å². The molecule has 0 aliphatic rings. The number of hydrogen-bond acceptors (Lipinski definition) is 4. The van der Waals surface area contributed by atoms with E-state index in [2.05, 4.69) is 15.5 Å². The summed E-state index contributed by atoms with van der Waals surface area (Å²) in [4.78, 5) is 22.4. The van der Waals surface area contributed by atoms with E-state index >= 15 is 0 Å². The van der Waals surface area contributed by atoms with Gasteiger partial charge in [0.05, 0.1) is 5.41 Å². The van der Waals surface area contributed by atoms with Crippen molar-refractivity contribution >= 4 is 29.3 Å². The largest absolute Gasteiger partial charge is 0.481 e. The molecule has 17 heavy (non-hydrogen) atoms. The van der Waals surface area contributed by atoms with Gasteiger partial charge in [-0.15, -0.1) is 10.2 Å². The third kappa shape index (κ3) is 3.99. The molecule has 0 bridgehead atoms. The SMILES string of the molecule is CC(C)(CC(=O)Nc1ccc(Cl)nn1)C(=O)O. The lowest BCUT2D eigenvalue weighted by Crippen LogP contribution is -2.29. The van der Waals surface area contributed by atoms with Gasteiger partial charge in [-0.2, -0.15) is 0 Å².